The topological polar surface area (TPSA) is 70.1 Å². The van der Waals surface area contributed by atoms with E-state index in [1.807, 2.05) is 31.3 Å². The van der Waals surface area contributed by atoms with Crippen molar-refractivity contribution in [2.75, 3.05) is 0 Å². The minimum Gasteiger partial charge on any atom is -0.487 e. The summed E-state index contributed by atoms with van der Waals surface area (Å²) in [4.78, 5) is 9.05. The van der Waals surface area contributed by atoms with Crippen LogP contribution in [0.2, 0.25) is 10.0 Å². The zero-order valence-corrected chi connectivity index (χ0v) is 16.8. The Balaban J connectivity index is 1.39. The molecule has 3 heterocycles. The number of nitrogens with zero attached hydrogens (tertiary/aromatic N) is 6. The van der Waals surface area contributed by atoms with E-state index in [4.69, 9.17) is 27.9 Å². The molecule has 5 aromatic rings. The molecule has 0 bridgehead atoms. The summed E-state index contributed by atoms with van der Waals surface area (Å²) in [5.74, 6) is 1.21. The van der Waals surface area contributed by atoms with Gasteiger partial charge in [0.15, 0.2) is 17.1 Å². The summed E-state index contributed by atoms with van der Waals surface area (Å²) in [7, 11) is 1.85. The van der Waals surface area contributed by atoms with Crippen molar-refractivity contribution in [3.05, 3.63) is 70.6 Å². The lowest BCUT2D eigenvalue weighted by molar-refractivity contribution is 0.306. The maximum Gasteiger partial charge on any atom is 0.182 e. The molecule has 2 aromatic carbocycles. The maximum absolute atomic E-state index is 6.14. The summed E-state index contributed by atoms with van der Waals surface area (Å²) >= 11 is 12.1. The molecule has 9 heteroatoms. The van der Waals surface area contributed by atoms with E-state index in [0.717, 1.165) is 27.8 Å². The molecular weight excluding hydrogens is 411 g/mol. The van der Waals surface area contributed by atoms with Gasteiger partial charge in [-0.15, -0.1) is 5.10 Å². The second-order valence-electron chi connectivity index (χ2n) is 6.51. The average molecular weight is 425 g/mol. The normalized spacial score (nSPS) is 11.4. The Morgan fingerprint density at radius 2 is 1.86 bits per heavy atom. The first-order chi connectivity index (χ1) is 14.1. The molecule has 5 rings (SSSR count). The second-order valence-corrected chi connectivity index (χ2v) is 7.36. The first-order valence-electron chi connectivity index (χ1n) is 8.79. The Morgan fingerprint density at radius 1 is 1.03 bits per heavy atom. The number of halogens is 2. The van der Waals surface area contributed by atoms with Crippen molar-refractivity contribution in [1.82, 2.24) is 29.4 Å². The third kappa shape index (κ3) is 3.28. The van der Waals surface area contributed by atoms with Crippen molar-refractivity contribution < 1.29 is 4.74 Å². The zero-order valence-electron chi connectivity index (χ0n) is 15.3. The van der Waals surface area contributed by atoms with Crippen molar-refractivity contribution >= 4 is 39.9 Å². The van der Waals surface area contributed by atoms with E-state index in [2.05, 4.69) is 20.2 Å². The number of hydrogen-bond acceptors (Lipinski definition) is 5. The summed E-state index contributed by atoms with van der Waals surface area (Å²) in [6.45, 7) is 0.389. The molecule has 0 saturated heterocycles. The molecule has 0 aliphatic heterocycles. The first-order valence-corrected chi connectivity index (χ1v) is 9.54. The van der Waals surface area contributed by atoms with Crippen LogP contribution in [0.4, 0.5) is 0 Å². The number of fused-ring (bicyclic) bond motifs is 3. The van der Waals surface area contributed by atoms with Crippen LogP contribution < -0.4 is 4.74 Å². The van der Waals surface area contributed by atoms with Crippen molar-refractivity contribution in [2.24, 2.45) is 7.05 Å². The minimum atomic E-state index is 0.389. The number of rotatable bonds is 4. The Labute approximate surface area is 175 Å². The fourth-order valence-corrected chi connectivity index (χ4v) is 3.53. The van der Waals surface area contributed by atoms with Gasteiger partial charge in [-0.3, -0.25) is 4.68 Å². The monoisotopic (exact) mass is 424 g/mol. The summed E-state index contributed by atoms with van der Waals surface area (Å²) in [5, 5.41) is 10.7. The van der Waals surface area contributed by atoms with Gasteiger partial charge in [0.2, 0.25) is 0 Å². The fraction of sp³-hybridized carbons (Fsp3) is 0.100. The molecule has 0 fully saturated rings. The quantitative estimate of drug-likeness (QED) is 0.422. The Morgan fingerprint density at radius 3 is 2.66 bits per heavy atom. The molecule has 0 saturated carbocycles. The van der Waals surface area contributed by atoms with E-state index < -0.39 is 0 Å². The lowest BCUT2D eigenvalue weighted by Gasteiger charge is -2.08. The zero-order chi connectivity index (χ0) is 20.0. The predicted octanol–water partition coefficient (Wildman–Crippen LogP) is 4.56. The highest BCUT2D eigenvalue weighted by Gasteiger charge is 2.12. The van der Waals surface area contributed by atoms with E-state index in [9.17, 15) is 0 Å². The van der Waals surface area contributed by atoms with Gasteiger partial charge >= 0.3 is 0 Å². The van der Waals surface area contributed by atoms with Crippen LogP contribution in [0.25, 0.3) is 28.1 Å². The Hall–Kier alpha value is -3.16. The number of aromatic nitrogens is 6. The van der Waals surface area contributed by atoms with Gasteiger partial charge in [-0.05, 0) is 23.8 Å². The molecule has 0 aliphatic carbocycles. The number of hydrogen-bond donors (Lipinski definition) is 0. The van der Waals surface area contributed by atoms with E-state index in [1.54, 1.807) is 39.9 Å². The summed E-state index contributed by atoms with van der Waals surface area (Å²) in [6.07, 6.45) is 3.40. The molecule has 0 amide bonds. The van der Waals surface area contributed by atoms with Crippen LogP contribution in [0.1, 0.15) is 5.56 Å². The average Bonchev–Trinajstić information content (AvgIpc) is 3.31. The highest BCUT2D eigenvalue weighted by Crippen LogP contribution is 2.28. The highest BCUT2D eigenvalue weighted by atomic mass is 35.5. The first kappa shape index (κ1) is 17.9. The smallest absolute Gasteiger partial charge is 0.182 e. The van der Waals surface area contributed by atoms with Crippen LogP contribution in [-0.4, -0.2) is 29.4 Å². The van der Waals surface area contributed by atoms with Crippen LogP contribution >= 0.6 is 23.2 Å². The van der Waals surface area contributed by atoms with E-state index in [1.165, 1.54) is 0 Å². The fourth-order valence-electron chi connectivity index (χ4n) is 3.06. The van der Waals surface area contributed by atoms with Crippen molar-refractivity contribution in [3.63, 3.8) is 0 Å². The van der Waals surface area contributed by atoms with Crippen LogP contribution in [-0.2, 0) is 13.7 Å². The van der Waals surface area contributed by atoms with Crippen molar-refractivity contribution in [2.45, 2.75) is 6.61 Å². The summed E-state index contributed by atoms with van der Waals surface area (Å²) in [5.41, 5.74) is 3.39. The molecule has 0 radical (unpaired) electrons. The molecule has 0 spiro atoms. The standard InChI is InChI=1S/C20H14Cl2N6O/c1-27-19-15(9-24-27)20-25-18(26-28(20)11-23-19)13-4-2-12(3-5-13)10-29-17-7-6-14(21)8-16(17)22/h2-9,11H,10H2,1H3. The molecule has 0 unspecified atom stereocenters. The van der Waals surface area contributed by atoms with Crippen molar-refractivity contribution in [1.29, 1.82) is 0 Å². The van der Waals surface area contributed by atoms with Gasteiger partial charge in [0.1, 0.15) is 18.7 Å². The summed E-state index contributed by atoms with van der Waals surface area (Å²) in [6, 6.07) is 13.0. The highest BCUT2D eigenvalue weighted by molar-refractivity contribution is 6.35. The summed E-state index contributed by atoms with van der Waals surface area (Å²) < 4.78 is 9.16. The molecule has 144 valence electrons. The number of aryl methyl sites for hydroxylation is 1. The van der Waals surface area contributed by atoms with E-state index >= 15 is 0 Å². The number of benzene rings is 2. The SMILES string of the molecule is Cn1ncc2c1ncn1nc(-c3ccc(COc4ccc(Cl)cc4Cl)cc3)nc21. The largest absolute Gasteiger partial charge is 0.487 e. The lowest BCUT2D eigenvalue weighted by atomic mass is 10.1. The predicted molar refractivity (Wildman–Crippen MR) is 111 cm³/mol. The van der Waals surface area contributed by atoms with Gasteiger partial charge < -0.3 is 4.74 Å². The molecule has 0 aliphatic rings. The van der Waals surface area contributed by atoms with Crippen molar-refractivity contribution in [3.8, 4) is 17.1 Å². The lowest BCUT2D eigenvalue weighted by Crippen LogP contribution is -1.96. The molecular formula is C20H14Cl2N6O. The van der Waals surface area contributed by atoms with Crippen LogP contribution in [0.15, 0.2) is 55.0 Å². The van der Waals surface area contributed by atoms with Crippen LogP contribution in [0.5, 0.6) is 5.75 Å². The van der Waals surface area contributed by atoms with Crippen LogP contribution in [0.3, 0.4) is 0 Å². The van der Waals surface area contributed by atoms with Gasteiger partial charge in [-0.1, -0.05) is 47.5 Å². The van der Waals surface area contributed by atoms with Gasteiger partial charge in [-0.25, -0.2) is 14.5 Å². The molecule has 7 nitrogen and oxygen atoms in total. The van der Waals surface area contributed by atoms with Crippen LogP contribution in [0, 0.1) is 0 Å². The van der Waals surface area contributed by atoms with E-state index in [0.29, 0.717) is 28.2 Å². The molecule has 0 N–H and O–H groups in total. The van der Waals surface area contributed by atoms with Gasteiger partial charge in [0, 0.05) is 17.6 Å². The molecule has 0 atom stereocenters. The molecule has 29 heavy (non-hydrogen) atoms. The van der Waals surface area contributed by atoms with Gasteiger partial charge in [-0.2, -0.15) is 5.10 Å². The third-order valence-corrected chi connectivity index (χ3v) is 5.10. The minimum absolute atomic E-state index is 0.389. The van der Waals surface area contributed by atoms with Gasteiger partial charge in [0.25, 0.3) is 0 Å². The maximum atomic E-state index is 6.14. The molecule has 3 aromatic heterocycles. The Kier molecular flexibility index (Phi) is 4.34. The number of ether oxygens (including phenoxy) is 1. The van der Waals surface area contributed by atoms with Gasteiger partial charge in [0.05, 0.1) is 16.6 Å². The third-order valence-electron chi connectivity index (χ3n) is 4.57. The van der Waals surface area contributed by atoms with E-state index in [-0.39, 0.29) is 0 Å². The Bertz CT molecular complexity index is 1340. The second kappa shape index (κ2) is 7.02.